The fourth-order valence-electron chi connectivity index (χ4n) is 13.5. The third kappa shape index (κ3) is 4.61. The van der Waals surface area contributed by atoms with Crippen LogP contribution in [0.3, 0.4) is 0 Å². The molecular weight excluding hydrogens is 646 g/mol. The number of amides is 1. The Balaban J connectivity index is 1.36. The molecule has 0 aromatic carbocycles. The maximum Gasteiger partial charge on any atom is 0.325 e. The summed E-state index contributed by atoms with van der Waals surface area (Å²) in [5, 5.41) is 34.7. The van der Waals surface area contributed by atoms with Crippen LogP contribution in [0, 0.1) is 50.7 Å². The Hall–Kier alpha value is -1.11. The Kier molecular flexibility index (Phi) is 8.55. The smallest absolute Gasteiger partial charge is 0.325 e. The molecule has 0 aromatic rings. The van der Waals surface area contributed by atoms with Crippen LogP contribution in [0.15, 0.2) is 0 Å². The second-order valence-corrected chi connectivity index (χ2v) is 18.5. The molecule has 1 amide bonds. The zero-order valence-electron chi connectivity index (χ0n) is 29.8. The van der Waals surface area contributed by atoms with E-state index in [0.717, 1.165) is 19.3 Å². The number of esters is 1. The van der Waals surface area contributed by atoms with Crippen molar-refractivity contribution in [2.45, 2.75) is 148 Å². The molecule has 1 aliphatic heterocycles. The number of nitrogens with one attached hydrogen (secondary N) is 2. The molecule has 5 saturated carbocycles. The van der Waals surface area contributed by atoms with Gasteiger partial charge in [0.05, 0.1) is 30.0 Å². The van der Waals surface area contributed by atoms with Gasteiger partial charge in [-0.2, -0.15) is 0 Å². The lowest BCUT2D eigenvalue weighted by atomic mass is 9.41. The molecule has 6 rings (SSSR count). The summed E-state index contributed by atoms with van der Waals surface area (Å²) in [5.41, 5.74) is -4.53. The molecule has 274 valence electrons. The first-order chi connectivity index (χ1) is 22.0. The first-order valence-electron chi connectivity index (χ1n) is 17.9. The molecule has 5 N–H and O–H groups in total. The third-order valence-electron chi connectivity index (χ3n) is 15.8. The molecule has 13 atom stereocenters. The van der Waals surface area contributed by atoms with Gasteiger partial charge in [-0.1, -0.05) is 34.6 Å². The molecule has 9 nitrogen and oxygen atoms in total. The molecule has 48 heavy (non-hydrogen) atoms. The van der Waals surface area contributed by atoms with E-state index in [0.29, 0.717) is 25.7 Å². The van der Waals surface area contributed by atoms with Crippen LogP contribution in [0.1, 0.15) is 107 Å². The van der Waals surface area contributed by atoms with Crippen molar-refractivity contribution in [1.29, 1.82) is 0 Å². The van der Waals surface area contributed by atoms with Crippen LogP contribution in [0.5, 0.6) is 0 Å². The molecule has 0 bridgehead atoms. The lowest BCUT2D eigenvalue weighted by molar-refractivity contribution is -0.251. The Morgan fingerprint density at radius 3 is 2.25 bits per heavy atom. The minimum absolute atomic E-state index is 0.00105. The number of hydrogen-bond donors (Lipinski definition) is 5. The summed E-state index contributed by atoms with van der Waals surface area (Å²) in [7, 11) is 0. The van der Waals surface area contributed by atoms with E-state index in [1.807, 2.05) is 0 Å². The maximum absolute atomic E-state index is 15.9. The highest BCUT2D eigenvalue weighted by Crippen LogP contribution is 2.92. The molecule has 6 fully saturated rings. The Morgan fingerprint density at radius 2 is 1.67 bits per heavy atom. The second-order valence-electron chi connectivity index (χ2n) is 18.3. The fraction of sp³-hybridized carbons (Fsp3) is 0.944. The van der Waals surface area contributed by atoms with Gasteiger partial charge in [0.25, 0.3) is 5.92 Å². The number of aliphatic hydroxyl groups is 3. The number of rotatable bonds is 8. The van der Waals surface area contributed by atoms with E-state index in [2.05, 4.69) is 37.8 Å². The number of halogens is 3. The minimum atomic E-state index is -2.95. The number of alkyl halides is 2. The average Bonchev–Trinajstić information content (AvgIpc) is 3.18. The number of fused-ring (bicyclic) bond motifs is 2. The van der Waals surface area contributed by atoms with Gasteiger partial charge in [0.2, 0.25) is 5.91 Å². The van der Waals surface area contributed by atoms with Crippen molar-refractivity contribution in [2.24, 2.45) is 50.7 Å². The first kappa shape index (κ1) is 36.7. The van der Waals surface area contributed by atoms with Gasteiger partial charge in [0.1, 0.15) is 18.7 Å². The molecule has 12 heteroatoms. The number of aliphatic hydroxyl groups excluding tert-OH is 2. The summed E-state index contributed by atoms with van der Waals surface area (Å²) in [6.45, 7) is 14.5. The molecule has 0 radical (unpaired) electrons. The van der Waals surface area contributed by atoms with Crippen molar-refractivity contribution in [3.05, 3.63) is 0 Å². The summed E-state index contributed by atoms with van der Waals surface area (Å²) in [6.07, 6.45) is 2.36. The molecule has 0 aromatic heterocycles. The van der Waals surface area contributed by atoms with E-state index >= 15 is 8.78 Å². The van der Waals surface area contributed by atoms with Crippen LogP contribution in [0.2, 0.25) is 0 Å². The van der Waals surface area contributed by atoms with Crippen molar-refractivity contribution in [1.82, 2.24) is 10.2 Å². The van der Waals surface area contributed by atoms with Gasteiger partial charge in [0.15, 0.2) is 0 Å². The van der Waals surface area contributed by atoms with Crippen molar-refractivity contribution < 1.29 is 43.2 Å². The first-order valence-corrected chi connectivity index (χ1v) is 18.3. The Labute approximate surface area is 288 Å². The molecule has 2 spiro atoms. The molecular formula is C36H57ClF2N2O7. The van der Waals surface area contributed by atoms with E-state index in [-0.39, 0.29) is 41.1 Å². The molecule has 1 heterocycles. The Morgan fingerprint density at radius 1 is 1.02 bits per heavy atom. The van der Waals surface area contributed by atoms with Crippen molar-refractivity contribution in [2.75, 3.05) is 13.2 Å². The number of carbonyl (C=O) groups excluding carboxylic acids is 2. The molecule has 5 aliphatic carbocycles. The highest BCUT2D eigenvalue weighted by molar-refractivity contribution is 6.15. The maximum atomic E-state index is 15.9. The molecule has 1 saturated heterocycles. The summed E-state index contributed by atoms with van der Waals surface area (Å²) in [6, 6.07) is -1.12. The second kappa shape index (κ2) is 11.2. The van der Waals surface area contributed by atoms with Crippen molar-refractivity contribution in [3.8, 4) is 0 Å². The predicted octanol–water partition coefficient (Wildman–Crippen LogP) is 4.73. The van der Waals surface area contributed by atoms with E-state index in [4.69, 9.17) is 21.3 Å². The van der Waals surface area contributed by atoms with Gasteiger partial charge in [-0.15, -0.1) is 0 Å². The third-order valence-corrected chi connectivity index (χ3v) is 16.1. The summed E-state index contributed by atoms with van der Waals surface area (Å²) >= 11 is 5.54. The lowest BCUT2D eigenvalue weighted by Crippen LogP contribution is -2.64. The highest BCUT2D eigenvalue weighted by Gasteiger charge is 2.90. The van der Waals surface area contributed by atoms with Crippen LogP contribution >= 0.6 is 11.8 Å². The SMILES string of the molecule is C[C@H]1[C@@]23CC[C@]4(C)[C@@H]([C@]5(C)CC[C@@H](C(C)(C)O)O5)[C@@H](O)C[C@@]4(C)[C@@H]2C[C@H](OC(=O)CNC(=O)C(CO)NCl)[C@H]2C(C)(C)C(F)(F)CC[C@@]123. The van der Waals surface area contributed by atoms with Crippen molar-refractivity contribution >= 4 is 23.7 Å². The zero-order chi connectivity index (χ0) is 35.7. The summed E-state index contributed by atoms with van der Waals surface area (Å²) in [4.78, 5) is 28.0. The van der Waals surface area contributed by atoms with Crippen molar-refractivity contribution in [3.63, 3.8) is 0 Å². The van der Waals surface area contributed by atoms with Gasteiger partial charge in [0, 0.05) is 23.7 Å². The number of carbonyl (C=O) groups is 2. The average molecular weight is 703 g/mol. The quantitative estimate of drug-likeness (QED) is 0.181. The predicted molar refractivity (Wildman–Crippen MR) is 175 cm³/mol. The van der Waals surface area contributed by atoms with Gasteiger partial charge in [-0.3, -0.25) is 9.59 Å². The Bertz CT molecular complexity index is 1330. The topological polar surface area (TPSA) is 137 Å². The van der Waals surface area contributed by atoms with Crippen LogP contribution in [0.25, 0.3) is 0 Å². The number of ether oxygens (including phenoxy) is 2. The van der Waals surface area contributed by atoms with Gasteiger partial charge < -0.3 is 30.1 Å². The van der Waals surface area contributed by atoms with Gasteiger partial charge in [-0.05, 0) is 111 Å². The van der Waals surface area contributed by atoms with Crippen LogP contribution in [0.4, 0.5) is 8.78 Å². The zero-order valence-corrected chi connectivity index (χ0v) is 30.6. The standard InChI is InChI=1S/C36H57ClF2N2O7/c1-19-34-12-11-31(6)26(33(8)10-9-24(48-33)30(4,5)46)21(43)16-32(31,7)23(34)15-22(47-25(44)17-40-28(45)20(18-42)41-37)27-29(2,3)36(38,39)14-13-35(19,27)34/h19-24,26-27,41-43,46H,9-18H2,1-8H3,(H,40,45)/t19-,20?,21-,22-,23-,24-,26-,27-,31+,32-,33-,34-,35+/m0/s1. The van der Waals surface area contributed by atoms with Crippen LogP contribution in [-0.2, 0) is 19.1 Å². The molecule has 1 unspecified atom stereocenters. The largest absolute Gasteiger partial charge is 0.461 e. The van der Waals surface area contributed by atoms with Gasteiger partial charge >= 0.3 is 5.97 Å². The number of hydrogen-bond acceptors (Lipinski definition) is 8. The van der Waals surface area contributed by atoms with Crippen LogP contribution < -0.4 is 10.2 Å². The van der Waals surface area contributed by atoms with Crippen LogP contribution in [-0.4, -0.2) is 81.8 Å². The monoisotopic (exact) mass is 702 g/mol. The lowest BCUT2D eigenvalue weighted by Gasteiger charge is -2.64. The normalized spacial score (nSPS) is 49.2. The van der Waals surface area contributed by atoms with Gasteiger partial charge in [-0.25, -0.2) is 13.6 Å². The minimum Gasteiger partial charge on any atom is -0.461 e. The van der Waals surface area contributed by atoms with E-state index < -0.39 is 82.6 Å². The van der Waals surface area contributed by atoms with E-state index in [1.165, 1.54) is 0 Å². The summed E-state index contributed by atoms with van der Waals surface area (Å²) < 4.78 is 44.7. The highest BCUT2D eigenvalue weighted by atomic mass is 35.5. The van der Waals surface area contributed by atoms with E-state index in [1.54, 1.807) is 27.7 Å². The molecule has 6 aliphatic rings. The summed E-state index contributed by atoms with van der Waals surface area (Å²) in [5.74, 6) is -5.01. The fourth-order valence-corrected chi connectivity index (χ4v) is 13.7. The van der Waals surface area contributed by atoms with E-state index in [9.17, 15) is 24.9 Å².